The van der Waals surface area contributed by atoms with Gasteiger partial charge in [0.1, 0.15) is 6.04 Å². The topological polar surface area (TPSA) is 102 Å². The van der Waals surface area contributed by atoms with E-state index in [4.69, 9.17) is 11.6 Å². The van der Waals surface area contributed by atoms with Crippen LogP contribution in [0.25, 0.3) is 0 Å². The van der Waals surface area contributed by atoms with Crippen molar-refractivity contribution in [3.05, 3.63) is 34.9 Å². The normalized spacial score (nSPS) is 22.2. The van der Waals surface area contributed by atoms with Gasteiger partial charge in [-0.3, -0.25) is 4.79 Å². The van der Waals surface area contributed by atoms with Crippen molar-refractivity contribution in [3.8, 4) is 0 Å². The summed E-state index contributed by atoms with van der Waals surface area (Å²) in [6.07, 6.45) is 0.378. The van der Waals surface area contributed by atoms with Gasteiger partial charge in [-0.15, -0.1) is 0 Å². The van der Waals surface area contributed by atoms with Gasteiger partial charge in [-0.25, -0.2) is 4.79 Å². The summed E-state index contributed by atoms with van der Waals surface area (Å²) in [5.74, 6) is -0.305. The fourth-order valence-corrected chi connectivity index (χ4v) is 4.10. The van der Waals surface area contributed by atoms with Gasteiger partial charge in [-0.1, -0.05) is 51.4 Å². The van der Waals surface area contributed by atoms with Gasteiger partial charge in [-0.2, -0.15) is 0 Å². The number of likely N-dealkylation sites (tertiary alicyclic amines) is 1. The molecule has 0 aromatic heterocycles. The molecule has 0 saturated carbocycles. The van der Waals surface area contributed by atoms with Crippen molar-refractivity contribution in [1.82, 2.24) is 15.5 Å². The van der Waals surface area contributed by atoms with Crippen molar-refractivity contribution >= 4 is 23.5 Å². The van der Waals surface area contributed by atoms with Gasteiger partial charge in [0.25, 0.3) is 0 Å². The molecule has 1 aromatic carbocycles. The van der Waals surface area contributed by atoms with Crippen molar-refractivity contribution in [2.75, 3.05) is 19.6 Å². The molecule has 0 aliphatic carbocycles. The number of hydrogen-bond acceptors (Lipinski definition) is 4. The molecule has 0 bridgehead atoms. The molecule has 1 heterocycles. The minimum atomic E-state index is -1.10. The number of nitrogens with zero attached hydrogens (tertiary/aromatic N) is 1. The summed E-state index contributed by atoms with van der Waals surface area (Å²) in [5.41, 5.74) is -1.98. The molecule has 174 valence electrons. The zero-order valence-electron chi connectivity index (χ0n) is 19.3. The first-order valence-corrected chi connectivity index (χ1v) is 11.1. The summed E-state index contributed by atoms with van der Waals surface area (Å²) in [6.45, 7) is 11.6. The number of carbonyl (C=O) groups is 2. The number of aliphatic hydroxyl groups is 2. The summed E-state index contributed by atoms with van der Waals surface area (Å²) < 4.78 is 0. The van der Waals surface area contributed by atoms with Crippen LogP contribution in [0.3, 0.4) is 0 Å². The summed E-state index contributed by atoms with van der Waals surface area (Å²) in [5, 5.41) is 27.3. The molecule has 0 spiro atoms. The Morgan fingerprint density at radius 1 is 1.23 bits per heavy atom. The Kier molecular flexibility index (Phi) is 7.67. The van der Waals surface area contributed by atoms with E-state index < -0.39 is 28.7 Å². The minimum absolute atomic E-state index is 0.0721. The lowest BCUT2D eigenvalue weighted by Crippen LogP contribution is -2.61. The number of benzene rings is 1. The molecule has 7 nitrogen and oxygen atoms in total. The largest absolute Gasteiger partial charge is 0.389 e. The number of halogens is 1. The van der Waals surface area contributed by atoms with Crippen LogP contribution >= 0.6 is 11.6 Å². The first-order chi connectivity index (χ1) is 14.2. The van der Waals surface area contributed by atoms with Gasteiger partial charge in [-0.05, 0) is 43.9 Å². The third-order valence-electron chi connectivity index (χ3n) is 5.98. The predicted molar refractivity (Wildman–Crippen MR) is 122 cm³/mol. The average Bonchev–Trinajstić information content (AvgIpc) is 2.65. The lowest BCUT2D eigenvalue weighted by Gasteiger charge is -2.51. The molecule has 1 aliphatic rings. The maximum atomic E-state index is 13.3. The zero-order valence-corrected chi connectivity index (χ0v) is 20.1. The molecule has 8 heteroatoms. The zero-order chi connectivity index (χ0) is 23.6. The Morgan fingerprint density at radius 3 is 2.29 bits per heavy atom. The smallest absolute Gasteiger partial charge is 0.315 e. The van der Waals surface area contributed by atoms with E-state index in [1.165, 1.54) is 0 Å². The van der Waals surface area contributed by atoms with E-state index in [-0.39, 0.29) is 18.4 Å². The van der Waals surface area contributed by atoms with Crippen molar-refractivity contribution in [2.24, 2.45) is 11.3 Å². The van der Waals surface area contributed by atoms with Crippen LogP contribution in [0.15, 0.2) is 24.3 Å². The summed E-state index contributed by atoms with van der Waals surface area (Å²) >= 11 is 6.00. The monoisotopic (exact) mass is 453 g/mol. The Balaban J connectivity index is 2.12. The van der Waals surface area contributed by atoms with Crippen molar-refractivity contribution in [1.29, 1.82) is 0 Å². The number of amides is 3. The van der Waals surface area contributed by atoms with E-state index in [0.717, 1.165) is 5.56 Å². The minimum Gasteiger partial charge on any atom is -0.389 e. The third-order valence-corrected chi connectivity index (χ3v) is 6.24. The van der Waals surface area contributed by atoms with Crippen LogP contribution in [0.2, 0.25) is 5.02 Å². The van der Waals surface area contributed by atoms with Crippen LogP contribution in [-0.4, -0.2) is 58.3 Å². The molecule has 1 fully saturated rings. The SMILES string of the molecule is CC(C)C(NC(=O)NCC(C)(C)O)C(=O)N1CC[C@](O)(c2ccc(Cl)cc2)C(C)(C)C1. The highest BCUT2D eigenvalue weighted by molar-refractivity contribution is 6.30. The van der Waals surface area contributed by atoms with Crippen LogP contribution in [0.1, 0.15) is 53.5 Å². The molecule has 1 saturated heterocycles. The molecule has 0 radical (unpaired) electrons. The first-order valence-electron chi connectivity index (χ1n) is 10.7. The van der Waals surface area contributed by atoms with Gasteiger partial charge < -0.3 is 25.7 Å². The molecule has 3 amide bonds. The fourth-order valence-electron chi connectivity index (χ4n) is 3.97. The number of nitrogens with one attached hydrogen (secondary N) is 2. The van der Waals surface area contributed by atoms with Gasteiger partial charge in [0, 0.05) is 30.1 Å². The Hall–Kier alpha value is -1.83. The van der Waals surface area contributed by atoms with E-state index in [1.807, 2.05) is 39.8 Å². The quantitative estimate of drug-likeness (QED) is 0.531. The van der Waals surface area contributed by atoms with Gasteiger partial charge in [0.05, 0.1) is 11.2 Å². The van der Waals surface area contributed by atoms with E-state index in [2.05, 4.69) is 10.6 Å². The molecule has 4 N–H and O–H groups in total. The summed E-state index contributed by atoms with van der Waals surface area (Å²) in [7, 11) is 0. The fraction of sp³-hybridized carbons (Fsp3) is 0.652. The van der Waals surface area contributed by atoms with Crippen LogP contribution in [-0.2, 0) is 10.4 Å². The second kappa shape index (κ2) is 9.35. The van der Waals surface area contributed by atoms with Gasteiger partial charge in [0.15, 0.2) is 0 Å². The van der Waals surface area contributed by atoms with Gasteiger partial charge in [0.2, 0.25) is 5.91 Å². The van der Waals surface area contributed by atoms with E-state index >= 15 is 0 Å². The Labute approximate surface area is 190 Å². The second-order valence-corrected chi connectivity index (χ2v) is 10.6. The lowest BCUT2D eigenvalue weighted by atomic mass is 9.66. The van der Waals surface area contributed by atoms with Crippen LogP contribution in [0.5, 0.6) is 0 Å². The molecular weight excluding hydrogens is 418 g/mol. The number of hydrogen-bond donors (Lipinski definition) is 4. The van der Waals surface area contributed by atoms with Crippen molar-refractivity contribution < 1.29 is 19.8 Å². The lowest BCUT2D eigenvalue weighted by molar-refractivity contribution is -0.155. The number of rotatable bonds is 6. The Bertz CT molecular complexity index is 789. The highest BCUT2D eigenvalue weighted by atomic mass is 35.5. The average molecular weight is 454 g/mol. The van der Waals surface area contributed by atoms with E-state index in [1.54, 1.807) is 30.9 Å². The van der Waals surface area contributed by atoms with Crippen molar-refractivity contribution in [2.45, 2.75) is 65.2 Å². The molecule has 1 aromatic rings. The molecule has 31 heavy (non-hydrogen) atoms. The highest BCUT2D eigenvalue weighted by Crippen LogP contribution is 2.46. The second-order valence-electron chi connectivity index (χ2n) is 10.1. The molecule has 2 rings (SSSR count). The summed E-state index contributed by atoms with van der Waals surface area (Å²) in [6, 6.07) is 5.96. The standard InChI is InChI=1S/C23H36ClN3O4/c1-15(2)18(26-20(29)25-13-22(5,6)30)19(28)27-12-11-23(31,21(3,4)14-27)16-7-9-17(24)10-8-16/h7-10,15,18,30-31H,11-14H2,1-6H3,(H2,25,26,29)/t18?,23-/m0/s1. The van der Waals surface area contributed by atoms with Crippen LogP contribution < -0.4 is 10.6 Å². The van der Waals surface area contributed by atoms with Crippen LogP contribution in [0, 0.1) is 11.3 Å². The van der Waals surface area contributed by atoms with Gasteiger partial charge >= 0.3 is 6.03 Å². The van der Waals surface area contributed by atoms with E-state index in [9.17, 15) is 19.8 Å². The maximum Gasteiger partial charge on any atom is 0.315 e. The highest BCUT2D eigenvalue weighted by Gasteiger charge is 2.50. The maximum absolute atomic E-state index is 13.3. The predicted octanol–water partition coefficient (Wildman–Crippen LogP) is 2.88. The summed E-state index contributed by atoms with van der Waals surface area (Å²) in [4.78, 5) is 27.3. The first kappa shape index (κ1) is 25.4. The molecule has 1 aliphatic heterocycles. The Morgan fingerprint density at radius 2 is 1.81 bits per heavy atom. The molecule has 1 unspecified atom stereocenters. The number of piperidine rings is 1. The van der Waals surface area contributed by atoms with E-state index in [0.29, 0.717) is 24.5 Å². The molecular formula is C23H36ClN3O4. The third kappa shape index (κ3) is 6.11. The number of carbonyl (C=O) groups excluding carboxylic acids is 2. The van der Waals surface area contributed by atoms with Crippen LogP contribution in [0.4, 0.5) is 4.79 Å². The molecule has 2 atom stereocenters. The van der Waals surface area contributed by atoms with Crippen molar-refractivity contribution in [3.63, 3.8) is 0 Å². The number of urea groups is 1.